The van der Waals surface area contributed by atoms with Gasteiger partial charge >= 0.3 is 0 Å². The van der Waals surface area contributed by atoms with Crippen molar-refractivity contribution in [2.24, 2.45) is 0 Å². The smallest absolute Gasteiger partial charge is 0.280 e. The Hall–Kier alpha value is -2.96. The van der Waals surface area contributed by atoms with Gasteiger partial charge in [0.1, 0.15) is 11.5 Å². The molecule has 1 heterocycles. The van der Waals surface area contributed by atoms with Gasteiger partial charge in [-0.15, -0.1) is 0 Å². The Bertz CT molecular complexity index is 703. The number of hydrogen-bond acceptors (Lipinski definition) is 5. The van der Waals surface area contributed by atoms with Crippen LogP contribution in [-0.2, 0) is 0 Å². The minimum absolute atomic E-state index is 0.0656. The average Bonchev–Trinajstić information content (AvgIpc) is 2.84. The Morgan fingerprint density at radius 1 is 1.15 bits per heavy atom. The first-order chi connectivity index (χ1) is 9.47. The van der Waals surface area contributed by atoms with Crippen LogP contribution in [0.2, 0.25) is 0 Å². The molecule has 1 aromatic carbocycles. The monoisotopic (exact) mass is 274 g/mol. The summed E-state index contributed by atoms with van der Waals surface area (Å²) in [6.07, 6.45) is 1.93. The highest BCUT2D eigenvalue weighted by Crippen LogP contribution is 2.32. The third-order valence-corrected chi connectivity index (χ3v) is 2.60. The lowest BCUT2D eigenvalue weighted by Crippen LogP contribution is -1.92. The van der Waals surface area contributed by atoms with Crippen molar-refractivity contribution in [3.63, 3.8) is 0 Å². The number of rotatable bonds is 4. The second-order valence-corrected chi connectivity index (χ2v) is 4.08. The van der Waals surface area contributed by atoms with Gasteiger partial charge in [0.25, 0.3) is 5.69 Å². The first-order valence-electron chi connectivity index (χ1n) is 5.64. The summed E-state index contributed by atoms with van der Waals surface area (Å²) in [6.45, 7) is 1.75. The van der Waals surface area contributed by atoms with E-state index in [4.69, 9.17) is 4.42 Å². The number of nitro groups is 2. The zero-order chi connectivity index (χ0) is 14.7. The predicted octanol–water partition coefficient (Wildman–Crippen LogP) is 3.41. The lowest BCUT2D eigenvalue weighted by atomic mass is 10.1. The fraction of sp³-hybridized carbons (Fsp3) is 0.0769. The molecule has 0 aliphatic rings. The standard InChI is InChI=1S/C13H10N2O5/c1-9-2-4-11(12(8-9)15(18)19)13-5-3-10(20-13)6-7-14(16)17/h2-8H,1H3/b7-6+. The largest absolute Gasteiger partial charge is 0.456 e. The molecule has 102 valence electrons. The molecule has 0 saturated heterocycles. The highest BCUT2D eigenvalue weighted by atomic mass is 16.6. The molecule has 0 atom stereocenters. The van der Waals surface area contributed by atoms with Gasteiger partial charge in [-0.1, -0.05) is 6.07 Å². The third kappa shape index (κ3) is 2.89. The molecule has 0 fully saturated rings. The van der Waals surface area contributed by atoms with Gasteiger partial charge in [-0.3, -0.25) is 20.2 Å². The molecule has 0 saturated carbocycles. The molecule has 7 nitrogen and oxygen atoms in total. The van der Waals surface area contributed by atoms with Gasteiger partial charge in [0.05, 0.1) is 21.5 Å². The normalized spacial score (nSPS) is 10.8. The fourth-order valence-electron chi connectivity index (χ4n) is 1.72. The average molecular weight is 274 g/mol. The van der Waals surface area contributed by atoms with Gasteiger partial charge in [0, 0.05) is 6.07 Å². The highest BCUT2D eigenvalue weighted by molar-refractivity contribution is 5.70. The summed E-state index contributed by atoms with van der Waals surface area (Å²) in [7, 11) is 0. The second-order valence-electron chi connectivity index (χ2n) is 4.08. The summed E-state index contributed by atoms with van der Waals surface area (Å²) < 4.78 is 5.36. The van der Waals surface area contributed by atoms with Gasteiger partial charge in [-0.2, -0.15) is 0 Å². The van der Waals surface area contributed by atoms with Crippen LogP contribution in [0.25, 0.3) is 17.4 Å². The quantitative estimate of drug-likeness (QED) is 0.628. The first-order valence-corrected chi connectivity index (χ1v) is 5.64. The number of aryl methyl sites for hydroxylation is 1. The Balaban J connectivity index is 2.42. The van der Waals surface area contributed by atoms with Gasteiger partial charge in [0.2, 0.25) is 6.20 Å². The second kappa shape index (κ2) is 5.35. The van der Waals surface area contributed by atoms with Gasteiger partial charge < -0.3 is 4.42 Å². The van der Waals surface area contributed by atoms with E-state index in [1.54, 1.807) is 19.1 Å². The van der Waals surface area contributed by atoms with Gasteiger partial charge in [-0.05, 0) is 30.7 Å². The molecule has 7 heteroatoms. The van der Waals surface area contributed by atoms with E-state index in [-0.39, 0.29) is 11.4 Å². The van der Waals surface area contributed by atoms with Crippen LogP contribution in [0.1, 0.15) is 11.3 Å². The maximum Gasteiger partial charge on any atom is 0.280 e. The first kappa shape index (κ1) is 13.5. The van der Waals surface area contributed by atoms with Crippen molar-refractivity contribution in [3.8, 4) is 11.3 Å². The van der Waals surface area contributed by atoms with Crippen LogP contribution in [0.5, 0.6) is 0 Å². The van der Waals surface area contributed by atoms with E-state index >= 15 is 0 Å². The molecule has 0 radical (unpaired) electrons. The highest BCUT2D eigenvalue weighted by Gasteiger charge is 2.17. The fourth-order valence-corrected chi connectivity index (χ4v) is 1.72. The topological polar surface area (TPSA) is 99.4 Å². The Kier molecular flexibility index (Phi) is 3.60. The van der Waals surface area contributed by atoms with Crippen molar-refractivity contribution in [3.05, 3.63) is 68.1 Å². The Morgan fingerprint density at radius 2 is 1.90 bits per heavy atom. The zero-order valence-corrected chi connectivity index (χ0v) is 10.5. The minimum atomic E-state index is -0.615. The molecule has 0 unspecified atom stereocenters. The Labute approximate surface area is 113 Å². The molecule has 0 bridgehead atoms. The Morgan fingerprint density at radius 3 is 2.55 bits per heavy atom. The van der Waals surface area contributed by atoms with E-state index in [0.717, 1.165) is 11.8 Å². The third-order valence-electron chi connectivity index (χ3n) is 2.60. The van der Waals surface area contributed by atoms with Crippen LogP contribution in [0.3, 0.4) is 0 Å². The van der Waals surface area contributed by atoms with E-state index in [9.17, 15) is 20.2 Å². The van der Waals surface area contributed by atoms with Crippen LogP contribution in [0.4, 0.5) is 5.69 Å². The molecule has 0 N–H and O–H groups in total. The minimum Gasteiger partial charge on any atom is -0.456 e. The van der Waals surface area contributed by atoms with Gasteiger partial charge in [0.15, 0.2) is 0 Å². The van der Waals surface area contributed by atoms with E-state index in [2.05, 4.69) is 0 Å². The van der Waals surface area contributed by atoms with Crippen LogP contribution >= 0.6 is 0 Å². The summed E-state index contributed by atoms with van der Waals surface area (Å²) in [5, 5.41) is 21.2. The van der Waals surface area contributed by atoms with Crippen molar-refractivity contribution < 1.29 is 14.3 Å². The lowest BCUT2D eigenvalue weighted by Gasteiger charge is -2.00. The van der Waals surface area contributed by atoms with Gasteiger partial charge in [-0.25, -0.2) is 0 Å². The van der Waals surface area contributed by atoms with Crippen LogP contribution < -0.4 is 0 Å². The van der Waals surface area contributed by atoms with E-state index in [0.29, 0.717) is 11.3 Å². The van der Waals surface area contributed by atoms with Crippen molar-refractivity contribution in [2.75, 3.05) is 0 Å². The van der Waals surface area contributed by atoms with Crippen molar-refractivity contribution >= 4 is 11.8 Å². The maximum atomic E-state index is 11.0. The molecule has 2 rings (SSSR count). The predicted molar refractivity (Wildman–Crippen MR) is 71.6 cm³/mol. The SMILES string of the molecule is Cc1ccc(-c2ccc(/C=C/[N+](=O)[O-])o2)c([N+](=O)[O-])c1. The van der Waals surface area contributed by atoms with Crippen LogP contribution in [0, 0.1) is 27.2 Å². The van der Waals surface area contributed by atoms with Crippen molar-refractivity contribution in [2.45, 2.75) is 6.92 Å². The molecule has 20 heavy (non-hydrogen) atoms. The molecular formula is C13H10N2O5. The summed E-state index contributed by atoms with van der Waals surface area (Å²) in [4.78, 5) is 20.1. The van der Waals surface area contributed by atoms with E-state index in [1.165, 1.54) is 24.3 Å². The van der Waals surface area contributed by atoms with E-state index < -0.39 is 9.85 Å². The number of benzene rings is 1. The van der Waals surface area contributed by atoms with Crippen molar-refractivity contribution in [1.82, 2.24) is 0 Å². The number of hydrogen-bond donors (Lipinski definition) is 0. The number of nitro benzene ring substituents is 1. The molecule has 1 aromatic heterocycles. The molecule has 0 aliphatic heterocycles. The summed E-state index contributed by atoms with van der Waals surface area (Å²) in [5.41, 5.74) is 1.03. The zero-order valence-electron chi connectivity index (χ0n) is 10.5. The van der Waals surface area contributed by atoms with Crippen molar-refractivity contribution in [1.29, 1.82) is 0 Å². The molecular weight excluding hydrogens is 264 g/mol. The maximum absolute atomic E-state index is 11.0. The molecule has 0 amide bonds. The summed E-state index contributed by atoms with van der Waals surface area (Å²) in [6, 6.07) is 7.82. The summed E-state index contributed by atoms with van der Waals surface area (Å²) in [5.74, 6) is 0.547. The number of furan rings is 1. The molecule has 0 spiro atoms. The van der Waals surface area contributed by atoms with Crippen LogP contribution in [0.15, 0.2) is 40.9 Å². The summed E-state index contributed by atoms with van der Waals surface area (Å²) >= 11 is 0. The molecule has 0 aliphatic carbocycles. The van der Waals surface area contributed by atoms with Crippen LogP contribution in [-0.4, -0.2) is 9.85 Å². The lowest BCUT2D eigenvalue weighted by molar-refractivity contribution is -0.401. The number of nitrogens with zero attached hydrogens (tertiary/aromatic N) is 2. The molecule has 2 aromatic rings. The van der Waals surface area contributed by atoms with E-state index in [1.807, 2.05) is 0 Å².